The number of rotatable bonds is 4. The molecule has 0 bridgehead atoms. The highest BCUT2D eigenvalue weighted by molar-refractivity contribution is 6.43. The standard InChI is InChI=1S/C23H22Cl2NO2/c24-20-11-8-17-13-18(14-28-22(17)21(20)25)23(27)26-19-9-6-16(7-10-19)12-15-4-2-1-3-5-15/h6-13,15H,1-5,14H2,(H,26,27). The van der Waals surface area contributed by atoms with Gasteiger partial charge in [0.25, 0.3) is 5.91 Å². The second-order valence-corrected chi connectivity index (χ2v) is 8.16. The van der Waals surface area contributed by atoms with Crippen LogP contribution in [0.2, 0.25) is 10.0 Å². The van der Waals surface area contributed by atoms with Crippen LogP contribution in [0.25, 0.3) is 6.08 Å². The highest BCUT2D eigenvalue weighted by atomic mass is 35.5. The molecule has 1 amide bonds. The largest absolute Gasteiger partial charge is 0.486 e. The van der Waals surface area contributed by atoms with E-state index in [2.05, 4.69) is 23.9 Å². The van der Waals surface area contributed by atoms with Gasteiger partial charge in [-0.1, -0.05) is 54.6 Å². The first kappa shape index (κ1) is 19.4. The van der Waals surface area contributed by atoms with E-state index in [1.165, 1.54) is 37.7 Å². The van der Waals surface area contributed by atoms with Crippen LogP contribution in [0.1, 0.15) is 43.2 Å². The Labute approximate surface area is 175 Å². The third-order valence-electron chi connectivity index (χ3n) is 5.32. The molecule has 2 aliphatic rings. The fourth-order valence-electron chi connectivity index (χ4n) is 3.78. The van der Waals surface area contributed by atoms with Gasteiger partial charge in [-0.15, -0.1) is 0 Å². The van der Waals surface area contributed by atoms with Crippen LogP contribution in [0.4, 0.5) is 5.69 Å². The van der Waals surface area contributed by atoms with E-state index in [-0.39, 0.29) is 12.5 Å². The molecule has 1 fully saturated rings. The molecule has 145 valence electrons. The lowest BCUT2D eigenvalue weighted by Crippen LogP contribution is -2.21. The molecule has 1 radical (unpaired) electrons. The first-order chi connectivity index (χ1) is 13.6. The maximum Gasteiger partial charge on any atom is 0.255 e. The molecule has 1 saturated carbocycles. The third-order valence-corrected chi connectivity index (χ3v) is 6.11. The predicted octanol–water partition coefficient (Wildman–Crippen LogP) is 6.54. The van der Waals surface area contributed by atoms with Crippen LogP contribution < -0.4 is 10.1 Å². The molecule has 1 heterocycles. The molecule has 3 nitrogen and oxygen atoms in total. The van der Waals surface area contributed by atoms with E-state index in [1.54, 1.807) is 18.2 Å². The van der Waals surface area contributed by atoms with Crippen molar-refractivity contribution in [1.82, 2.24) is 0 Å². The first-order valence-corrected chi connectivity index (χ1v) is 10.4. The molecule has 1 N–H and O–H groups in total. The van der Waals surface area contributed by atoms with Crippen molar-refractivity contribution in [1.29, 1.82) is 0 Å². The van der Waals surface area contributed by atoms with Gasteiger partial charge < -0.3 is 10.1 Å². The van der Waals surface area contributed by atoms with E-state index in [1.807, 2.05) is 12.1 Å². The van der Waals surface area contributed by atoms with E-state index < -0.39 is 0 Å². The van der Waals surface area contributed by atoms with Crippen molar-refractivity contribution in [3.8, 4) is 5.75 Å². The summed E-state index contributed by atoms with van der Waals surface area (Å²) in [7, 11) is 0. The van der Waals surface area contributed by atoms with Gasteiger partial charge in [0.1, 0.15) is 17.4 Å². The summed E-state index contributed by atoms with van der Waals surface area (Å²) in [6, 6.07) is 11.5. The van der Waals surface area contributed by atoms with Crippen molar-refractivity contribution in [2.75, 3.05) is 11.9 Å². The van der Waals surface area contributed by atoms with E-state index in [4.69, 9.17) is 27.9 Å². The number of benzene rings is 2. The van der Waals surface area contributed by atoms with Crippen molar-refractivity contribution < 1.29 is 9.53 Å². The molecule has 1 aliphatic carbocycles. The number of halogens is 2. The molecule has 2 aromatic carbocycles. The van der Waals surface area contributed by atoms with E-state index in [0.29, 0.717) is 27.3 Å². The van der Waals surface area contributed by atoms with Crippen LogP contribution in [0, 0.1) is 12.3 Å². The Balaban J connectivity index is 1.40. The number of hydrogen-bond donors (Lipinski definition) is 1. The molecule has 0 saturated heterocycles. The minimum absolute atomic E-state index is 0.159. The van der Waals surface area contributed by atoms with E-state index in [9.17, 15) is 4.79 Å². The Kier molecular flexibility index (Phi) is 5.93. The normalized spacial score (nSPS) is 16.7. The summed E-state index contributed by atoms with van der Waals surface area (Å²) < 4.78 is 5.66. The average molecular weight is 415 g/mol. The van der Waals surface area contributed by atoms with Crippen molar-refractivity contribution in [2.24, 2.45) is 5.92 Å². The van der Waals surface area contributed by atoms with Gasteiger partial charge in [0.05, 0.1) is 10.6 Å². The number of fused-ring (bicyclic) bond motifs is 1. The molecule has 0 aromatic heterocycles. The number of amides is 1. The summed E-state index contributed by atoms with van der Waals surface area (Å²) in [6.45, 7) is 0.159. The van der Waals surface area contributed by atoms with Gasteiger partial charge in [-0.05, 0) is 61.1 Å². The van der Waals surface area contributed by atoms with Crippen molar-refractivity contribution >= 4 is 40.9 Å². The van der Waals surface area contributed by atoms with Gasteiger partial charge in [-0.3, -0.25) is 4.79 Å². The zero-order valence-electron chi connectivity index (χ0n) is 15.5. The summed E-state index contributed by atoms with van der Waals surface area (Å²) in [5.74, 6) is 1.02. The van der Waals surface area contributed by atoms with Crippen molar-refractivity contribution in [3.63, 3.8) is 0 Å². The number of carbonyl (C=O) groups is 1. The topological polar surface area (TPSA) is 38.3 Å². The molecule has 4 rings (SSSR count). The summed E-state index contributed by atoms with van der Waals surface area (Å²) in [5.41, 5.74) is 3.28. The Morgan fingerprint density at radius 2 is 1.79 bits per heavy atom. The van der Waals surface area contributed by atoms with E-state index in [0.717, 1.165) is 11.3 Å². The highest BCUT2D eigenvalue weighted by Crippen LogP contribution is 2.38. The number of anilines is 1. The van der Waals surface area contributed by atoms with Crippen LogP contribution in [0.15, 0.2) is 42.0 Å². The number of hydrogen-bond acceptors (Lipinski definition) is 2. The SMILES string of the molecule is O=C(Nc1ccc([CH]C2CCCCC2)cc1)C1=Cc2ccc(Cl)c(Cl)c2OC1. The lowest BCUT2D eigenvalue weighted by molar-refractivity contribution is -0.113. The van der Waals surface area contributed by atoms with Crippen LogP contribution in [0.5, 0.6) is 5.75 Å². The smallest absolute Gasteiger partial charge is 0.255 e. The second-order valence-electron chi connectivity index (χ2n) is 7.38. The molecule has 28 heavy (non-hydrogen) atoms. The summed E-state index contributed by atoms with van der Waals surface area (Å²) in [6.07, 6.45) is 10.7. The molecule has 5 heteroatoms. The van der Waals surface area contributed by atoms with Gasteiger partial charge in [-0.25, -0.2) is 0 Å². The van der Waals surface area contributed by atoms with Gasteiger partial charge in [-0.2, -0.15) is 0 Å². The van der Waals surface area contributed by atoms with Crippen LogP contribution in [0.3, 0.4) is 0 Å². The molecular formula is C23H22Cl2NO2. The molecule has 0 atom stereocenters. The first-order valence-electron chi connectivity index (χ1n) is 9.68. The second kappa shape index (κ2) is 8.59. The van der Waals surface area contributed by atoms with E-state index >= 15 is 0 Å². The molecular weight excluding hydrogens is 393 g/mol. The summed E-state index contributed by atoms with van der Waals surface area (Å²) >= 11 is 12.2. The lowest BCUT2D eigenvalue weighted by Gasteiger charge is -2.21. The lowest BCUT2D eigenvalue weighted by atomic mass is 9.85. The fraction of sp³-hybridized carbons (Fsp3) is 0.304. The van der Waals surface area contributed by atoms with Gasteiger partial charge in [0.15, 0.2) is 0 Å². The average Bonchev–Trinajstić information content (AvgIpc) is 2.73. The van der Waals surface area contributed by atoms with Crippen LogP contribution in [-0.4, -0.2) is 12.5 Å². The zero-order valence-corrected chi connectivity index (χ0v) is 17.0. The monoisotopic (exact) mass is 414 g/mol. The van der Waals surface area contributed by atoms with Crippen molar-refractivity contribution in [2.45, 2.75) is 32.1 Å². The van der Waals surface area contributed by atoms with Gasteiger partial charge >= 0.3 is 0 Å². The number of nitrogens with one attached hydrogen (secondary N) is 1. The minimum atomic E-state index is -0.180. The van der Waals surface area contributed by atoms with Crippen LogP contribution >= 0.6 is 23.2 Å². The summed E-state index contributed by atoms with van der Waals surface area (Å²) in [5, 5.41) is 3.75. The molecule has 0 unspecified atom stereocenters. The fourth-order valence-corrected chi connectivity index (χ4v) is 4.16. The minimum Gasteiger partial charge on any atom is -0.486 e. The van der Waals surface area contributed by atoms with Crippen LogP contribution in [-0.2, 0) is 4.79 Å². The van der Waals surface area contributed by atoms with Crippen molar-refractivity contribution in [3.05, 3.63) is 69.6 Å². The Morgan fingerprint density at radius 1 is 1.04 bits per heavy atom. The van der Waals surface area contributed by atoms with Gasteiger partial charge in [0.2, 0.25) is 0 Å². The number of carbonyl (C=O) groups excluding carboxylic acids is 1. The maximum absolute atomic E-state index is 12.6. The molecule has 0 spiro atoms. The zero-order chi connectivity index (χ0) is 19.5. The quantitative estimate of drug-likeness (QED) is 0.616. The Bertz CT molecular complexity index is 900. The van der Waals surface area contributed by atoms with Gasteiger partial charge in [0, 0.05) is 11.3 Å². The maximum atomic E-state index is 12.6. The summed E-state index contributed by atoms with van der Waals surface area (Å²) in [4.78, 5) is 12.6. The number of ether oxygens (including phenoxy) is 1. The Hall–Kier alpha value is -1.97. The Morgan fingerprint density at radius 3 is 2.54 bits per heavy atom. The predicted molar refractivity (Wildman–Crippen MR) is 115 cm³/mol. The third kappa shape index (κ3) is 4.37. The molecule has 2 aromatic rings. The highest BCUT2D eigenvalue weighted by Gasteiger charge is 2.21. The molecule has 1 aliphatic heterocycles.